The van der Waals surface area contributed by atoms with Gasteiger partial charge in [0.25, 0.3) is 15.9 Å². The monoisotopic (exact) mass is 437 g/mol. The minimum absolute atomic E-state index is 0.0310. The summed E-state index contributed by atoms with van der Waals surface area (Å²) >= 11 is 0. The quantitative estimate of drug-likeness (QED) is 0.511. The molecule has 0 heterocycles. The Labute approximate surface area is 182 Å². The van der Waals surface area contributed by atoms with Gasteiger partial charge in [-0.3, -0.25) is 4.79 Å². The van der Waals surface area contributed by atoms with Gasteiger partial charge in [0.2, 0.25) is 0 Å². The van der Waals surface area contributed by atoms with E-state index in [-0.39, 0.29) is 10.6 Å². The number of carbonyl (C=O) groups is 1. The van der Waals surface area contributed by atoms with E-state index in [9.17, 15) is 13.2 Å². The fourth-order valence-corrected chi connectivity index (χ4v) is 4.36. The normalized spacial score (nSPS) is 11.3. The summed E-state index contributed by atoms with van der Waals surface area (Å²) in [6.45, 7) is 1.89. The van der Waals surface area contributed by atoms with Crippen molar-refractivity contribution in [2.45, 2.75) is 11.8 Å². The highest BCUT2D eigenvalue weighted by Gasteiger charge is 2.29. The average molecular weight is 438 g/mol. The molecule has 160 valence electrons. The lowest BCUT2D eigenvalue weighted by Crippen LogP contribution is -2.35. The van der Waals surface area contributed by atoms with Crippen molar-refractivity contribution in [2.24, 2.45) is 0 Å². The molecule has 0 saturated carbocycles. The number of anilines is 1. The summed E-state index contributed by atoms with van der Waals surface area (Å²) in [7, 11) is -1.06. The second-order valence-corrected chi connectivity index (χ2v) is 8.49. The number of ether oxygens (including phenoxy) is 2. The summed E-state index contributed by atoms with van der Waals surface area (Å²) in [5.41, 5.74) is 1.87. The van der Waals surface area contributed by atoms with Crippen molar-refractivity contribution in [3.63, 3.8) is 0 Å². The Hall–Kier alpha value is -3.58. The molecule has 0 spiro atoms. The summed E-state index contributed by atoms with van der Waals surface area (Å²) < 4.78 is 37.9. The molecular weight excluding hydrogens is 414 g/mol. The van der Waals surface area contributed by atoms with E-state index in [4.69, 9.17) is 9.47 Å². The fourth-order valence-electron chi connectivity index (χ4n) is 2.95. The topological polar surface area (TPSA) is 72.9 Å². The van der Waals surface area contributed by atoms with Gasteiger partial charge in [-0.25, -0.2) is 8.42 Å². The first-order valence-electron chi connectivity index (χ1n) is 9.48. The van der Waals surface area contributed by atoms with E-state index in [1.807, 2.05) is 6.92 Å². The van der Waals surface area contributed by atoms with Crippen molar-refractivity contribution >= 4 is 27.7 Å². The molecule has 0 aromatic heterocycles. The Kier molecular flexibility index (Phi) is 6.77. The third-order valence-corrected chi connectivity index (χ3v) is 6.32. The standard InChI is InChI=1S/C24H23NO5S/c1-18-9-13-20(14-10-18)25(31(27,28)21-7-5-4-6-8-21)24(26)16-12-19-11-15-22(29-2)23(17-19)30-3/h4-17H,1-3H3/b16-12+. The Bertz CT molecular complexity index is 1190. The molecule has 0 atom stereocenters. The molecule has 0 N–H and O–H groups in total. The van der Waals surface area contributed by atoms with Crippen molar-refractivity contribution in [1.82, 2.24) is 0 Å². The first kappa shape index (κ1) is 22.1. The predicted molar refractivity (Wildman–Crippen MR) is 121 cm³/mol. The van der Waals surface area contributed by atoms with Gasteiger partial charge in [0, 0.05) is 6.08 Å². The van der Waals surface area contributed by atoms with E-state index < -0.39 is 15.9 Å². The first-order chi connectivity index (χ1) is 14.9. The Balaban J connectivity index is 2.01. The molecule has 1 amide bonds. The highest BCUT2D eigenvalue weighted by atomic mass is 32.2. The van der Waals surface area contributed by atoms with Gasteiger partial charge in [0.05, 0.1) is 24.8 Å². The molecule has 0 saturated heterocycles. The highest BCUT2D eigenvalue weighted by molar-refractivity contribution is 7.93. The lowest BCUT2D eigenvalue weighted by molar-refractivity contribution is -0.113. The smallest absolute Gasteiger partial charge is 0.271 e. The van der Waals surface area contributed by atoms with Crippen LogP contribution in [0.1, 0.15) is 11.1 Å². The Morgan fingerprint density at radius 2 is 1.52 bits per heavy atom. The maximum Gasteiger partial charge on any atom is 0.271 e. The summed E-state index contributed by atoms with van der Waals surface area (Å²) in [5.74, 6) is 0.366. The number of nitrogens with zero attached hydrogens (tertiary/aromatic N) is 1. The Morgan fingerprint density at radius 3 is 2.13 bits per heavy atom. The van der Waals surface area contributed by atoms with E-state index in [0.717, 1.165) is 9.87 Å². The zero-order chi connectivity index (χ0) is 22.4. The van der Waals surface area contributed by atoms with E-state index in [0.29, 0.717) is 17.1 Å². The molecule has 3 aromatic rings. The van der Waals surface area contributed by atoms with E-state index in [1.54, 1.807) is 60.7 Å². The summed E-state index contributed by atoms with van der Waals surface area (Å²) in [4.78, 5) is 13.1. The third kappa shape index (κ3) is 4.95. The number of benzene rings is 3. The molecule has 3 aromatic carbocycles. The number of amides is 1. The minimum atomic E-state index is -4.11. The Morgan fingerprint density at radius 1 is 0.871 bits per heavy atom. The second-order valence-electron chi connectivity index (χ2n) is 6.70. The van der Waals surface area contributed by atoms with E-state index >= 15 is 0 Å². The molecule has 0 aliphatic carbocycles. The van der Waals surface area contributed by atoms with E-state index in [2.05, 4.69) is 0 Å². The molecule has 0 aliphatic heterocycles. The van der Waals surface area contributed by atoms with Crippen molar-refractivity contribution in [3.05, 3.63) is 90.0 Å². The zero-order valence-corrected chi connectivity index (χ0v) is 18.3. The maximum atomic E-state index is 13.3. The van der Waals surface area contributed by atoms with Gasteiger partial charge < -0.3 is 9.47 Å². The van der Waals surface area contributed by atoms with Crippen LogP contribution in [0.5, 0.6) is 11.5 Å². The summed E-state index contributed by atoms with van der Waals surface area (Å²) in [6, 6.07) is 19.8. The van der Waals surface area contributed by atoms with Crippen LogP contribution < -0.4 is 13.8 Å². The number of aryl methyl sites for hydroxylation is 1. The van der Waals surface area contributed by atoms with Gasteiger partial charge in [0.15, 0.2) is 11.5 Å². The molecule has 3 rings (SSSR count). The highest BCUT2D eigenvalue weighted by Crippen LogP contribution is 2.29. The molecule has 0 bridgehead atoms. The third-order valence-electron chi connectivity index (χ3n) is 4.58. The minimum Gasteiger partial charge on any atom is -0.493 e. The van der Waals surface area contributed by atoms with Gasteiger partial charge >= 0.3 is 0 Å². The zero-order valence-electron chi connectivity index (χ0n) is 17.5. The largest absolute Gasteiger partial charge is 0.493 e. The molecule has 7 heteroatoms. The molecule has 0 fully saturated rings. The average Bonchev–Trinajstić information content (AvgIpc) is 2.79. The molecule has 0 unspecified atom stereocenters. The summed E-state index contributed by atoms with van der Waals surface area (Å²) in [6.07, 6.45) is 2.76. The predicted octanol–water partition coefficient (Wildman–Crippen LogP) is 4.45. The van der Waals surface area contributed by atoms with Crippen LogP contribution in [-0.2, 0) is 14.8 Å². The molecule has 31 heavy (non-hydrogen) atoms. The lowest BCUT2D eigenvalue weighted by atomic mass is 10.2. The van der Waals surface area contributed by atoms with Crippen LogP contribution in [0.3, 0.4) is 0 Å². The van der Waals surface area contributed by atoms with Gasteiger partial charge in [-0.15, -0.1) is 0 Å². The molecule has 6 nitrogen and oxygen atoms in total. The van der Waals surface area contributed by atoms with Crippen LogP contribution in [0.4, 0.5) is 5.69 Å². The number of methoxy groups -OCH3 is 2. The van der Waals surface area contributed by atoms with Crippen molar-refractivity contribution in [2.75, 3.05) is 18.5 Å². The number of hydrogen-bond acceptors (Lipinski definition) is 5. The number of sulfonamides is 1. The van der Waals surface area contributed by atoms with Crippen LogP contribution in [0.2, 0.25) is 0 Å². The van der Waals surface area contributed by atoms with Crippen LogP contribution >= 0.6 is 0 Å². The number of rotatable bonds is 7. The van der Waals surface area contributed by atoms with Crippen LogP contribution in [0.15, 0.2) is 83.8 Å². The van der Waals surface area contributed by atoms with Gasteiger partial charge in [-0.1, -0.05) is 42.0 Å². The van der Waals surface area contributed by atoms with Crippen molar-refractivity contribution in [3.8, 4) is 11.5 Å². The van der Waals surface area contributed by atoms with Crippen LogP contribution in [0.25, 0.3) is 6.08 Å². The van der Waals surface area contributed by atoms with Crippen LogP contribution in [-0.4, -0.2) is 28.5 Å². The lowest BCUT2D eigenvalue weighted by Gasteiger charge is -2.21. The van der Waals surface area contributed by atoms with E-state index in [1.165, 1.54) is 38.5 Å². The molecular formula is C24H23NO5S. The SMILES string of the molecule is COc1ccc(/C=C/C(=O)N(c2ccc(C)cc2)S(=O)(=O)c2ccccc2)cc1OC. The fraction of sp³-hybridized carbons (Fsp3) is 0.125. The van der Waals surface area contributed by atoms with Crippen molar-refractivity contribution < 1.29 is 22.7 Å². The van der Waals surface area contributed by atoms with Gasteiger partial charge in [-0.2, -0.15) is 4.31 Å². The first-order valence-corrected chi connectivity index (χ1v) is 10.9. The number of carbonyl (C=O) groups excluding carboxylic acids is 1. The molecule has 0 radical (unpaired) electrons. The van der Waals surface area contributed by atoms with Gasteiger partial charge in [-0.05, 0) is 55.0 Å². The van der Waals surface area contributed by atoms with Crippen LogP contribution in [0, 0.1) is 6.92 Å². The maximum absolute atomic E-state index is 13.3. The van der Waals surface area contributed by atoms with Gasteiger partial charge in [0.1, 0.15) is 0 Å². The second kappa shape index (κ2) is 9.49. The molecule has 0 aliphatic rings. The van der Waals surface area contributed by atoms with Crippen molar-refractivity contribution in [1.29, 1.82) is 0 Å². The summed E-state index contributed by atoms with van der Waals surface area (Å²) in [5, 5.41) is 0. The number of hydrogen-bond donors (Lipinski definition) is 0.